The summed E-state index contributed by atoms with van der Waals surface area (Å²) in [5.74, 6) is 0. The van der Waals surface area contributed by atoms with Crippen molar-refractivity contribution in [3.05, 3.63) is 0 Å². The molecule has 0 spiro atoms. The van der Waals surface area contributed by atoms with Crippen molar-refractivity contribution in [1.29, 1.82) is 0 Å². The van der Waals surface area contributed by atoms with Crippen LogP contribution in [0.25, 0.3) is 0 Å². The third-order valence-corrected chi connectivity index (χ3v) is 3.40. The van der Waals surface area contributed by atoms with Gasteiger partial charge in [-0.15, -0.1) is 0 Å². The molecule has 0 amide bonds. The summed E-state index contributed by atoms with van der Waals surface area (Å²) in [5, 5.41) is 0. The van der Waals surface area contributed by atoms with Crippen molar-refractivity contribution in [3.63, 3.8) is 0 Å². The Labute approximate surface area is 75.1 Å². The lowest BCUT2D eigenvalue weighted by molar-refractivity contribution is 0.188. The monoisotopic (exact) mass is 168 g/mol. The van der Waals surface area contributed by atoms with Crippen LogP contribution in [0.1, 0.15) is 32.1 Å². The lowest BCUT2D eigenvalue weighted by Crippen LogP contribution is -2.37. The van der Waals surface area contributed by atoms with Crippen molar-refractivity contribution < 1.29 is 0 Å². The van der Waals surface area contributed by atoms with Gasteiger partial charge in [-0.25, -0.2) is 0 Å². The first-order valence-corrected chi connectivity index (χ1v) is 5.27. The zero-order valence-corrected chi connectivity index (χ0v) is 7.89. The predicted molar refractivity (Wildman–Crippen MR) is 51.0 cm³/mol. The maximum Gasteiger partial charge on any atom is 0.00501 e. The lowest BCUT2D eigenvalue weighted by Gasteiger charge is -2.29. The largest absolute Gasteiger partial charge is 0.330 e. The van der Waals surface area contributed by atoms with Gasteiger partial charge in [0.15, 0.2) is 0 Å². The van der Waals surface area contributed by atoms with Gasteiger partial charge in [0.1, 0.15) is 0 Å². The maximum atomic E-state index is 5.76. The molecule has 1 saturated carbocycles. The average molecular weight is 168 g/mol. The topological polar surface area (TPSA) is 29.3 Å². The summed E-state index contributed by atoms with van der Waals surface area (Å²) in [6.45, 7) is 4.83. The molecule has 0 atom stereocenters. The van der Waals surface area contributed by atoms with E-state index in [1.165, 1.54) is 51.7 Å². The molecule has 2 N–H and O–H groups in total. The maximum absolute atomic E-state index is 5.76. The highest BCUT2D eigenvalue weighted by Gasteiger charge is 2.42. The minimum Gasteiger partial charge on any atom is -0.330 e. The molecule has 70 valence electrons. The van der Waals surface area contributed by atoms with E-state index in [-0.39, 0.29) is 0 Å². The number of likely N-dealkylation sites (tertiary alicyclic amines) is 1. The van der Waals surface area contributed by atoms with Crippen LogP contribution in [0.2, 0.25) is 0 Å². The Morgan fingerprint density at radius 1 is 1.08 bits per heavy atom. The third kappa shape index (κ3) is 1.80. The summed E-state index contributed by atoms with van der Waals surface area (Å²) in [7, 11) is 0. The molecule has 0 aromatic heterocycles. The first-order chi connectivity index (χ1) is 5.85. The summed E-state index contributed by atoms with van der Waals surface area (Å²) in [5.41, 5.74) is 6.31. The van der Waals surface area contributed by atoms with Crippen LogP contribution in [0.5, 0.6) is 0 Å². The second-order valence-corrected chi connectivity index (χ2v) is 4.54. The number of hydrogen-bond acceptors (Lipinski definition) is 2. The molecule has 0 radical (unpaired) electrons. The van der Waals surface area contributed by atoms with E-state index in [0.29, 0.717) is 5.41 Å². The SMILES string of the molecule is NCC1(CN2CCCCC2)CC1. The highest BCUT2D eigenvalue weighted by atomic mass is 15.1. The number of hydrogen-bond donors (Lipinski definition) is 1. The van der Waals surface area contributed by atoms with Gasteiger partial charge in [-0.1, -0.05) is 6.42 Å². The molecule has 12 heavy (non-hydrogen) atoms. The summed E-state index contributed by atoms with van der Waals surface area (Å²) in [6.07, 6.45) is 6.99. The number of rotatable bonds is 3. The van der Waals surface area contributed by atoms with Crippen molar-refractivity contribution in [2.24, 2.45) is 11.1 Å². The van der Waals surface area contributed by atoms with Crippen LogP contribution in [0, 0.1) is 5.41 Å². The van der Waals surface area contributed by atoms with Crippen LogP contribution in [-0.4, -0.2) is 31.1 Å². The Hall–Kier alpha value is -0.0800. The van der Waals surface area contributed by atoms with E-state index in [4.69, 9.17) is 5.73 Å². The van der Waals surface area contributed by atoms with E-state index in [2.05, 4.69) is 4.90 Å². The van der Waals surface area contributed by atoms with Gasteiger partial charge in [-0.2, -0.15) is 0 Å². The van der Waals surface area contributed by atoms with Crippen molar-refractivity contribution in [2.75, 3.05) is 26.2 Å². The lowest BCUT2D eigenvalue weighted by atomic mass is 10.0. The van der Waals surface area contributed by atoms with E-state index in [1.807, 2.05) is 0 Å². The van der Waals surface area contributed by atoms with Gasteiger partial charge in [-0.05, 0) is 50.7 Å². The first-order valence-electron chi connectivity index (χ1n) is 5.27. The Kier molecular flexibility index (Phi) is 2.37. The van der Waals surface area contributed by atoms with Crippen molar-refractivity contribution >= 4 is 0 Å². The predicted octanol–water partition coefficient (Wildman–Crippen LogP) is 1.21. The van der Waals surface area contributed by atoms with Crippen LogP contribution < -0.4 is 5.73 Å². The fraction of sp³-hybridized carbons (Fsp3) is 1.00. The molecule has 1 heterocycles. The highest BCUT2D eigenvalue weighted by molar-refractivity contribution is 4.96. The van der Waals surface area contributed by atoms with E-state index >= 15 is 0 Å². The molecule has 2 rings (SSSR count). The van der Waals surface area contributed by atoms with E-state index in [1.54, 1.807) is 0 Å². The molecular weight excluding hydrogens is 148 g/mol. The van der Waals surface area contributed by atoms with E-state index in [0.717, 1.165) is 6.54 Å². The summed E-state index contributed by atoms with van der Waals surface area (Å²) in [4.78, 5) is 2.61. The highest BCUT2D eigenvalue weighted by Crippen LogP contribution is 2.45. The molecular formula is C10H20N2. The van der Waals surface area contributed by atoms with Gasteiger partial charge in [-0.3, -0.25) is 0 Å². The van der Waals surface area contributed by atoms with Gasteiger partial charge in [0.05, 0.1) is 0 Å². The smallest absolute Gasteiger partial charge is 0.00501 e. The fourth-order valence-electron chi connectivity index (χ4n) is 2.20. The van der Waals surface area contributed by atoms with Crippen molar-refractivity contribution in [2.45, 2.75) is 32.1 Å². The molecule has 2 fully saturated rings. The zero-order valence-electron chi connectivity index (χ0n) is 7.89. The van der Waals surface area contributed by atoms with Gasteiger partial charge >= 0.3 is 0 Å². The Bertz CT molecular complexity index is 146. The number of nitrogens with zero attached hydrogens (tertiary/aromatic N) is 1. The Morgan fingerprint density at radius 3 is 2.25 bits per heavy atom. The fourth-order valence-corrected chi connectivity index (χ4v) is 2.20. The quantitative estimate of drug-likeness (QED) is 0.686. The van der Waals surface area contributed by atoms with Gasteiger partial charge in [0.2, 0.25) is 0 Å². The molecule has 0 unspecified atom stereocenters. The van der Waals surface area contributed by atoms with Crippen LogP contribution in [0.3, 0.4) is 0 Å². The Balaban J connectivity index is 1.77. The van der Waals surface area contributed by atoms with E-state index < -0.39 is 0 Å². The van der Waals surface area contributed by atoms with Gasteiger partial charge in [0.25, 0.3) is 0 Å². The molecule has 0 bridgehead atoms. The zero-order chi connectivity index (χ0) is 8.44. The summed E-state index contributed by atoms with van der Waals surface area (Å²) in [6, 6.07) is 0. The van der Waals surface area contributed by atoms with Gasteiger partial charge < -0.3 is 10.6 Å². The van der Waals surface area contributed by atoms with E-state index in [9.17, 15) is 0 Å². The van der Waals surface area contributed by atoms with Crippen LogP contribution >= 0.6 is 0 Å². The normalized spacial score (nSPS) is 28.8. The molecule has 0 aromatic rings. The average Bonchev–Trinajstić information content (AvgIpc) is 2.88. The molecule has 1 aliphatic carbocycles. The minimum atomic E-state index is 0.553. The number of nitrogens with two attached hydrogens (primary N) is 1. The first kappa shape index (κ1) is 8.52. The van der Waals surface area contributed by atoms with Crippen molar-refractivity contribution in [1.82, 2.24) is 4.90 Å². The molecule has 1 aliphatic heterocycles. The molecule has 2 heteroatoms. The second-order valence-electron chi connectivity index (χ2n) is 4.54. The standard InChI is InChI=1S/C10H20N2/c11-8-10(4-5-10)9-12-6-2-1-3-7-12/h1-9,11H2. The second kappa shape index (κ2) is 3.35. The van der Waals surface area contributed by atoms with Gasteiger partial charge in [0, 0.05) is 6.54 Å². The molecule has 0 aromatic carbocycles. The number of piperidine rings is 1. The van der Waals surface area contributed by atoms with Crippen LogP contribution in [-0.2, 0) is 0 Å². The molecule has 2 nitrogen and oxygen atoms in total. The Morgan fingerprint density at radius 2 is 1.75 bits per heavy atom. The molecule has 2 aliphatic rings. The van der Waals surface area contributed by atoms with Crippen LogP contribution in [0.4, 0.5) is 0 Å². The third-order valence-electron chi connectivity index (χ3n) is 3.40. The van der Waals surface area contributed by atoms with Crippen molar-refractivity contribution in [3.8, 4) is 0 Å². The minimum absolute atomic E-state index is 0.553. The summed E-state index contributed by atoms with van der Waals surface area (Å²) < 4.78 is 0. The van der Waals surface area contributed by atoms with Crippen LogP contribution in [0.15, 0.2) is 0 Å². The summed E-state index contributed by atoms with van der Waals surface area (Å²) >= 11 is 0. The molecule has 1 saturated heterocycles.